The average Bonchev–Trinajstić information content (AvgIpc) is 2.02. The molecule has 1 amide bonds. The first-order valence-corrected chi connectivity index (χ1v) is 3.63. The van der Waals surface area contributed by atoms with Crippen LogP contribution in [0.1, 0.15) is 0 Å². The third kappa shape index (κ3) is 6.09. The summed E-state index contributed by atoms with van der Waals surface area (Å²) >= 11 is 0. The Morgan fingerprint density at radius 2 is 2.17 bits per heavy atom. The van der Waals surface area contributed by atoms with Gasteiger partial charge in [-0.05, 0) is 0 Å². The van der Waals surface area contributed by atoms with Gasteiger partial charge in [0.05, 0.1) is 12.7 Å². The van der Waals surface area contributed by atoms with E-state index < -0.39 is 6.10 Å². The molecule has 5 heteroatoms. The zero-order valence-corrected chi connectivity index (χ0v) is 7.37. The molecule has 0 aliphatic carbocycles. The molecule has 0 bridgehead atoms. The van der Waals surface area contributed by atoms with Gasteiger partial charge >= 0.3 is 0 Å². The minimum absolute atomic E-state index is 0.0136. The number of hydrogen-bond acceptors (Lipinski definition) is 4. The minimum atomic E-state index is -0.657. The van der Waals surface area contributed by atoms with Crippen LogP contribution in [-0.2, 0) is 14.3 Å². The summed E-state index contributed by atoms with van der Waals surface area (Å²) in [6.45, 7) is 0.420. The normalized spacial score (nSPS) is 12.6. The molecule has 0 radical (unpaired) electrons. The maximum absolute atomic E-state index is 10.8. The van der Waals surface area contributed by atoms with Crippen LogP contribution in [0.5, 0.6) is 0 Å². The molecule has 72 valence electrons. The van der Waals surface area contributed by atoms with Crippen LogP contribution in [0.2, 0.25) is 0 Å². The Bertz CT molecular complexity index is 129. The van der Waals surface area contributed by atoms with Crippen molar-refractivity contribution in [2.75, 3.05) is 34.0 Å². The molecule has 2 N–H and O–H groups in total. The van der Waals surface area contributed by atoms with E-state index in [2.05, 4.69) is 14.8 Å². The second-order valence-corrected chi connectivity index (χ2v) is 2.35. The fraction of sp³-hybridized carbons (Fsp3) is 0.857. The summed E-state index contributed by atoms with van der Waals surface area (Å²) in [5, 5.41) is 11.6. The Balaban J connectivity index is 3.33. The lowest BCUT2D eigenvalue weighted by Crippen LogP contribution is -2.36. The zero-order valence-electron chi connectivity index (χ0n) is 7.37. The Labute approximate surface area is 71.7 Å². The highest BCUT2D eigenvalue weighted by Gasteiger charge is 2.05. The lowest BCUT2D eigenvalue weighted by Gasteiger charge is -2.09. The van der Waals surface area contributed by atoms with Crippen molar-refractivity contribution in [1.82, 2.24) is 5.32 Å². The van der Waals surface area contributed by atoms with Gasteiger partial charge in [-0.2, -0.15) is 0 Å². The highest BCUT2D eigenvalue weighted by atomic mass is 16.5. The number of aliphatic hydroxyl groups is 1. The predicted octanol–water partition coefficient (Wildman–Crippen LogP) is -1.24. The van der Waals surface area contributed by atoms with Gasteiger partial charge in [-0.1, -0.05) is 0 Å². The minimum Gasteiger partial charge on any atom is -0.389 e. The fourth-order valence-corrected chi connectivity index (χ4v) is 0.665. The first-order chi connectivity index (χ1) is 5.70. The molecule has 0 fully saturated rings. The van der Waals surface area contributed by atoms with Gasteiger partial charge in [-0.3, -0.25) is 4.79 Å². The lowest BCUT2D eigenvalue weighted by atomic mass is 10.4. The van der Waals surface area contributed by atoms with Gasteiger partial charge in [0.1, 0.15) is 6.61 Å². The number of amides is 1. The first kappa shape index (κ1) is 11.4. The summed E-state index contributed by atoms with van der Waals surface area (Å²) in [5.41, 5.74) is 0. The molecule has 0 aromatic carbocycles. The van der Waals surface area contributed by atoms with Crippen LogP contribution in [0.25, 0.3) is 0 Å². The second-order valence-electron chi connectivity index (χ2n) is 2.35. The van der Waals surface area contributed by atoms with Gasteiger partial charge in [0, 0.05) is 20.8 Å². The number of carbonyl (C=O) groups is 1. The average molecular weight is 177 g/mol. The fourth-order valence-electron chi connectivity index (χ4n) is 0.665. The van der Waals surface area contributed by atoms with Gasteiger partial charge < -0.3 is 19.9 Å². The molecule has 0 spiro atoms. The van der Waals surface area contributed by atoms with E-state index >= 15 is 0 Å². The molecule has 12 heavy (non-hydrogen) atoms. The van der Waals surface area contributed by atoms with Crippen molar-refractivity contribution in [1.29, 1.82) is 0 Å². The molecule has 0 heterocycles. The van der Waals surface area contributed by atoms with Crippen LogP contribution in [0.3, 0.4) is 0 Å². The Morgan fingerprint density at radius 3 is 2.67 bits per heavy atom. The molecular weight excluding hydrogens is 162 g/mol. The number of ether oxygens (including phenoxy) is 2. The number of aliphatic hydroxyl groups excluding tert-OH is 1. The molecule has 0 saturated carbocycles. The molecule has 0 saturated heterocycles. The second kappa shape index (κ2) is 7.02. The van der Waals surface area contributed by atoms with E-state index in [1.54, 1.807) is 0 Å². The van der Waals surface area contributed by atoms with Gasteiger partial charge in [-0.15, -0.1) is 0 Å². The standard InChI is InChI=1S/C7H15NO4/c1-11-4-6(9)3-8-7(10)5-12-2/h6,9H,3-5H2,1-2H3,(H,8,10). The molecule has 0 aromatic heterocycles. The third-order valence-electron chi connectivity index (χ3n) is 1.17. The van der Waals surface area contributed by atoms with E-state index in [9.17, 15) is 4.79 Å². The van der Waals surface area contributed by atoms with Gasteiger partial charge in [0.25, 0.3) is 0 Å². The maximum Gasteiger partial charge on any atom is 0.246 e. The summed E-state index contributed by atoms with van der Waals surface area (Å²) in [6.07, 6.45) is -0.657. The molecule has 0 rings (SSSR count). The van der Waals surface area contributed by atoms with E-state index in [-0.39, 0.29) is 25.7 Å². The van der Waals surface area contributed by atoms with Crippen LogP contribution in [0.4, 0.5) is 0 Å². The SMILES string of the molecule is COCC(=O)NCC(O)COC. The molecule has 0 aliphatic rings. The molecule has 0 aromatic rings. The Kier molecular flexibility index (Phi) is 6.64. The zero-order chi connectivity index (χ0) is 9.40. The van der Waals surface area contributed by atoms with Crippen LogP contribution >= 0.6 is 0 Å². The topological polar surface area (TPSA) is 67.8 Å². The summed E-state index contributed by atoms with van der Waals surface area (Å²) in [4.78, 5) is 10.8. The van der Waals surface area contributed by atoms with Gasteiger partial charge in [0.2, 0.25) is 5.91 Å². The van der Waals surface area contributed by atoms with Crippen molar-refractivity contribution < 1.29 is 19.4 Å². The van der Waals surface area contributed by atoms with Gasteiger partial charge in [-0.25, -0.2) is 0 Å². The molecule has 5 nitrogen and oxygen atoms in total. The number of carbonyl (C=O) groups excluding carboxylic acids is 1. The largest absolute Gasteiger partial charge is 0.389 e. The highest BCUT2D eigenvalue weighted by Crippen LogP contribution is 1.81. The number of nitrogens with one attached hydrogen (secondary N) is 1. The monoisotopic (exact) mass is 177 g/mol. The van der Waals surface area contributed by atoms with E-state index in [4.69, 9.17) is 5.11 Å². The third-order valence-corrected chi connectivity index (χ3v) is 1.17. The number of rotatable bonds is 6. The molecule has 1 atom stereocenters. The highest BCUT2D eigenvalue weighted by molar-refractivity contribution is 5.77. The lowest BCUT2D eigenvalue weighted by molar-refractivity contribution is -0.125. The van der Waals surface area contributed by atoms with E-state index in [0.29, 0.717) is 0 Å². The Morgan fingerprint density at radius 1 is 1.50 bits per heavy atom. The number of methoxy groups -OCH3 is 2. The van der Waals surface area contributed by atoms with Crippen molar-refractivity contribution in [2.45, 2.75) is 6.10 Å². The van der Waals surface area contributed by atoms with E-state index in [1.165, 1.54) is 14.2 Å². The smallest absolute Gasteiger partial charge is 0.246 e. The van der Waals surface area contributed by atoms with E-state index in [1.807, 2.05) is 0 Å². The van der Waals surface area contributed by atoms with Crippen molar-refractivity contribution in [3.8, 4) is 0 Å². The predicted molar refractivity (Wildman–Crippen MR) is 42.8 cm³/mol. The Hall–Kier alpha value is -0.650. The van der Waals surface area contributed by atoms with E-state index in [0.717, 1.165) is 0 Å². The quantitative estimate of drug-likeness (QED) is 0.532. The van der Waals surface area contributed by atoms with Crippen molar-refractivity contribution in [3.05, 3.63) is 0 Å². The summed E-state index contributed by atoms with van der Waals surface area (Å²) in [5.74, 6) is -0.243. The summed E-state index contributed by atoms with van der Waals surface area (Å²) in [6, 6.07) is 0. The van der Waals surface area contributed by atoms with Crippen LogP contribution in [0, 0.1) is 0 Å². The molecular formula is C7H15NO4. The van der Waals surface area contributed by atoms with Crippen LogP contribution in [-0.4, -0.2) is 51.1 Å². The van der Waals surface area contributed by atoms with Crippen LogP contribution in [0.15, 0.2) is 0 Å². The summed E-state index contributed by atoms with van der Waals surface area (Å²) in [7, 11) is 2.92. The number of hydrogen-bond donors (Lipinski definition) is 2. The van der Waals surface area contributed by atoms with Crippen molar-refractivity contribution >= 4 is 5.91 Å². The summed E-state index contributed by atoms with van der Waals surface area (Å²) < 4.78 is 9.23. The first-order valence-electron chi connectivity index (χ1n) is 3.63. The van der Waals surface area contributed by atoms with Crippen LogP contribution < -0.4 is 5.32 Å². The van der Waals surface area contributed by atoms with Crippen molar-refractivity contribution in [3.63, 3.8) is 0 Å². The van der Waals surface area contributed by atoms with Gasteiger partial charge in [0.15, 0.2) is 0 Å². The van der Waals surface area contributed by atoms with Crippen molar-refractivity contribution in [2.24, 2.45) is 0 Å². The molecule has 0 aliphatic heterocycles. The molecule has 1 unspecified atom stereocenters. The maximum atomic E-state index is 10.8.